The number of hydrogen-bond acceptors (Lipinski definition) is 3. The van der Waals surface area contributed by atoms with E-state index in [0.29, 0.717) is 18.3 Å². The number of rotatable bonds is 7. The van der Waals surface area contributed by atoms with Gasteiger partial charge >= 0.3 is 5.97 Å². The fourth-order valence-corrected chi connectivity index (χ4v) is 2.71. The average Bonchev–Trinajstić information content (AvgIpc) is 2.40. The van der Waals surface area contributed by atoms with Gasteiger partial charge in [-0.2, -0.15) is 0 Å². The molecule has 0 radical (unpaired) electrons. The third-order valence-electron chi connectivity index (χ3n) is 4.01. The van der Waals surface area contributed by atoms with Gasteiger partial charge in [-0.15, -0.1) is 0 Å². The van der Waals surface area contributed by atoms with E-state index < -0.39 is 12.1 Å². The lowest BCUT2D eigenvalue weighted by molar-refractivity contribution is -0.148. The summed E-state index contributed by atoms with van der Waals surface area (Å²) < 4.78 is 4.77. The molecule has 0 saturated heterocycles. The summed E-state index contributed by atoms with van der Waals surface area (Å²) in [6, 6.07) is 0. The lowest BCUT2D eigenvalue weighted by Gasteiger charge is -2.27. The Morgan fingerprint density at radius 3 is 2.47 bits per heavy atom. The second kappa shape index (κ2) is 8.15. The fraction of sp³-hybridized carbons (Fsp3) is 0.857. The summed E-state index contributed by atoms with van der Waals surface area (Å²) in [6.45, 7) is 2.14. The van der Waals surface area contributed by atoms with Gasteiger partial charge in [0, 0.05) is 13.5 Å². The van der Waals surface area contributed by atoms with Crippen molar-refractivity contribution in [3.8, 4) is 0 Å². The van der Waals surface area contributed by atoms with Crippen molar-refractivity contribution < 1.29 is 19.4 Å². The zero-order valence-corrected chi connectivity index (χ0v) is 11.9. The molecule has 1 saturated carbocycles. The van der Waals surface area contributed by atoms with Gasteiger partial charge in [0.25, 0.3) is 0 Å². The molecule has 2 unspecified atom stereocenters. The SMILES string of the molecule is COC(CNC(=O)CC(C)C1CCCCC1)C(=O)O. The molecule has 1 aliphatic rings. The molecule has 0 heterocycles. The van der Waals surface area contributed by atoms with Crippen LogP contribution in [0, 0.1) is 11.8 Å². The number of carboxylic acids is 1. The first-order valence-electron chi connectivity index (χ1n) is 7.07. The predicted molar refractivity (Wildman–Crippen MR) is 71.8 cm³/mol. The molecule has 0 aliphatic heterocycles. The molecule has 0 bridgehead atoms. The average molecular weight is 271 g/mol. The Hall–Kier alpha value is -1.10. The molecule has 2 atom stereocenters. The third-order valence-corrected chi connectivity index (χ3v) is 4.01. The highest BCUT2D eigenvalue weighted by Gasteiger charge is 2.23. The quantitative estimate of drug-likeness (QED) is 0.740. The lowest BCUT2D eigenvalue weighted by Crippen LogP contribution is -2.38. The molecular weight excluding hydrogens is 246 g/mol. The number of carbonyl (C=O) groups is 2. The zero-order valence-electron chi connectivity index (χ0n) is 11.9. The standard InChI is InChI=1S/C14H25NO4/c1-10(11-6-4-3-5-7-11)8-13(16)15-9-12(19-2)14(17)18/h10-12H,3-9H2,1-2H3,(H,15,16)(H,17,18). The van der Waals surface area contributed by atoms with Gasteiger partial charge in [-0.3, -0.25) is 4.79 Å². The molecule has 5 nitrogen and oxygen atoms in total. The molecule has 110 valence electrons. The summed E-state index contributed by atoms with van der Waals surface area (Å²) in [5, 5.41) is 11.4. The van der Waals surface area contributed by atoms with Crippen LogP contribution in [-0.4, -0.2) is 36.7 Å². The second-order valence-electron chi connectivity index (χ2n) is 5.45. The van der Waals surface area contributed by atoms with E-state index in [4.69, 9.17) is 9.84 Å². The van der Waals surface area contributed by atoms with Crippen LogP contribution in [0.4, 0.5) is 0 Å². The molecule has 0 aromatic carbocycles. The topological polar surface area (TPSA) is 75.6 Å². The number of aliphatic carboxylic acids is 1. The smallest absolute Gasteiger partial charge is 0.334 e. The van der Waals surface area contributed by atoms with Gasteiger partial charge in [-0.25, -0.2) is 4.79 Å². The van der Waals surface area contributed by atoms with Crippen LogP contribution < -0.4 is 5.32 Å². The summed E-state index contributed by atoms with van der Waals surface area (Å²) in [5.74, 6) is -0.132. The van der Waals surface area contributed by atoms with E-state index in [1.165, 1.54) is 39.2 Å². The molecule has 0 spiro atoms. The van der Waals surface area contributed by atoms with E-state index in [1.807, 2.05) is 0 Å². The molecule has 1 aliphatic carbocycles. The predicted octanol–water partition coefficient (Wildman–Crippen LogP) is 1.81. The van der Waals surface area contributed by atoms with Crippen molar-refractivity contribution in [1.82, 2.24) is 5.32 Å². The molecule has 1 amide bonds. The minimum Gasteiger partial charge on any atom is -0.479 e. The number of carboxylic acid groups (broad SMARTS) is 1. The summed E-state index contributed by atoms with van der Waals surface area (Å²) in [4.78, 5) is 22.5. The maximum absolute atomic E-state index is 11.8. The Labute approximate surface area is 114 Å². The van der Waals surface area contributed by atoms with Gasteiger partial charge in [0.05, 0.1) is 6.54 Å². The summed E-state index contributed by atoms with van der Waals surface area (Å²) in [5.41, 5.74) is 0. The fourth-order valence-electron chi connectivity index (χ4n) is 2.71. The Kier molecular flexibility index (Phi) is 6.84. The van der Waals surface area contributed by atoms with Crippen LogP contribution in [-0.2, 0) is 14.3 Å². The molecule has 0 aromatic rings. The molecule has 1 rings (SSSR count). The second-order valence-corrected chi connectivity index (χ2v) is 5.45. The summed E-state index contributed by atoms with van der Waals surface area (Å²) >= 11 is 0. The van der Waals surface area contributed by atoms with Gasteiger partial charge in [-0.1, -0.05) is 39.0 Å². The van der Waals surface area contributed by atoms with Crippen LogP contribution >= 0.6 is 0 Å². The van der Waals surface area contributed by atoms with Crippen LogP contribution in [0.2, 0.25) is 0 Å². The normalized spacial score (nSPS) is 19.7. The van der Waals surface area contributed by atoms with Gasteiger partial charge in [0.1, 0.15) is 0 Å². The molecule has 5 heteroatoms. The highest BCUT2D eigenvalue weighted by Crippen LogP contribution is 2.31. The van der Waals surface area contributed by atoms with Crippen molar-refractivity contribution in [1.29, 1.82) is 0 Å². The minimum atomic E-state index is -1.05. The van der Waals surface area contributed by atoms with Gasteiger partial charge in [-0.05, 0) is 11.8 Å². The van der Waals surface area contributed by atoms with Gasteiger partial charge in [0.15, 0.2) is 6.10 Å². The highest BCUT2D eigenvalue weighted by molar-refractivity contribution is 5.78. The van der Waals surface area contributed by atoms with Crippen LogP contribution in [0.15, 0.2) is 0 Å². The summed E-state index contributed by atoms with van der Waals surface area (Å²) in [7, 11) is 1.33. The van der Waals surface area contributed by atoms with E-state index in [2.05, 4.69) is 12.2 Å². The molecule has 2 N–H and O–H groups in total. The van der Waals surface area contributed by atoms with Crippen LogP contribution in [0.25, 0.3) is 0 Å². The number of ether oxygens (including phenoxy) is 1. The van der Waals surface area contributed by atoms with E-state index in [9.17, 15) is 9.59 Å². The van der Waals surface area contributed by atoms with Crippen molar-refractivity contribution >= 4 is 11.9 Å². The first kappa shape index (κ1) is 16.0. The maximum atomic E-state index is 11.8. The lowest BCUT2D eigenvalue weighted by atomic mass is 9.79. The van der Waals surface area contributed by atoms with Crippen molar-refractivity contribution in [2.45, 2.75) is 51.6 Å². The van der Waals surface area contributed by atoms with Crippen molar-refractivity contribution in [3.63, 3.8) is 0 Å². The Morgan fingerprint density at radius 2 is 1.95 bits per heavy atom. The first-order chi connectivity index (χ1) is 9.04. The first-order valence-corrected chi connectivity index (χ1v) is 7.07. The van der Waals surface area contributed by atoms with E-state index in [1.54, 1.807) is 0 Å². The van der Waals surface area contributed by atoms with Crippen LogP contribution in [0.1, 0.15) is 45.4 Å². The Morgan fingerprint density at radius 1 is 1.32 bits per heavy atom. The van der Waals surface area contributed by atoms with Crippen LogP contribution in [0.5, 0.6) is 0 Å². The van der Waals surface area contributed by atoms with Crippen molar-refractivity contribution in [3.05, 3.63) is 0 Å². The number of carbonyl (C=O) groups excluding carboxylic acids is 1. The Balaban J connectivity index is 2.27. The molecule has 1 fully saturated rings. The number of hydrogen-bond donors (Lipinski definition) is 2. The largest absolute Gasteiger partial charge is 0.479 e. The monoisotopic (exact) mass is 271 g/mol. The van der Waals surface area contributed by atoms with Crippen molar-refractivity contribution in [2.24, 2.45) is 11.8 Å². The summed E-state index contributed by atoms with van der Waals surface area (Å²) in [6.07, 6.45) is 5.77. The molecule has 19 heavy (non-hydrogen) atoms. The van der Waals surface area contributed by atoms with Crippen LogP contribution in [0.3, 0.4) is 0 Å². The number of nitrogens with one attached hydrogen (secondary N) is 1. The zero-order chi connectivity index (χ0) is 14.3. The van der Waals surface area contributed by atoms with Gasteiger partial charge in [0.2, 0.25) is 5.91 Å². The molecule has 0 aromatic heterocycles. The Bertz CT molecular complexity index is 300. The maximum Gasteiger partial charge on any atom is 0.334 e. The van der Waals surface area contributed by atoms with Gasteiger partial charge < -0.3 is 15.2 Å². The third kappa shape index (κ3) is 5.59. The van der Waals surface area contributed by atoms with E-state index >= 15 is 0 Å². The van der Waals surface area contributed by atoms with E-state index in [0.717, 1.165) is 0 Å². The number of methoxy groups -OCH3 is 1. The number of amides is 1. The molecular formula is C14H25NO4. The van der Waals surface area contributed by atoms with E-state index in [-0.39, 0.29) is 12.5 Å². The minimum absolute atomic E-state index is 0.0298. The van der Waals surface area contributed by atoms with Crippen molar-refractivity contribution in [2.75, 3.05) is 13.7 Å². The highest BCUT2D eigenvalue weighted by atomic mass is 16.5.